The third-order valence-corrected chi connectivity index (χ3v) is 4.25. The predicted octanol–water partition coefficient (Wildman–Crippen LogP) is 3.43. The van der Waals surface area contributed by atoms with Crippen LogP contribution >= 0.6 is 11.8 Å². The fourth-order valence-electron chi connectivity index (χ4n) is 1.69. The van der Waals surface area contributed by atoms with Crippen molar-refractivity contribution in [2.45, 2.75) is 19.1 Å². The summed E-state index contributed by atoms with van der Waals surface area (Å²) in [7, 11) is 1.41. The highest BCUT2D eigenvalue weighted by Crippen LogP contribution is 2.31. The average Bonchev–Trinajstić information content (AvgIpc) is 2.87. The summed E-state index contributed by atoms with van der Waals surface area (Å²) in [5, 5.41) is 0.111. The van der Waals surface area contributed by atoms with E-state index in [0.29, 0.717) is 11.6 Å². The second-order valence-corrected chi connectivity index (χ2v) is 5.79. The number of para-hydroxylation sites is 2. The van der Waals surface area contributed by atoms with Gasteiger partial charge in [0, 0.05) is 5.75 Å². The fraction of sp³-hybridized carbons (Fsp3) is 0.429. The molecule has 0 aliphatic rings. The zero-order valence-corrected chi connectivity index (χ0v) is 12.1. The molecule has 0 radical (unpaired) electrons. The first-order chi connectivity index (χ1) is 9.11. The first-order valence-electron chi connectivity index (χ1n) is 6.16. The molecular weight excluding hydrogens is 262 g/mol. The van der Waals surface area contributed by atoms with Crippen LogP contribution < -0.4 is 0 Å². The predicted molar refractivity (Wildman–Crippen MR) is 76.1 cm³/mol. The van der Waals surface area contributed by atoms with Crippen molar-refractivity contribution in [2.24, 2.45) is 5.92 Å². The monoisotopic (exact) mass is 279 g/mol. The van der Waals surface area contributed by atoms with Crippen LogP contribution in [0, 0.1) is 5.92 Å². The lowest BCUT2D eigenvalue weighted by atomic mass is 10.2. The van der Waals surface area contributed by atoms with Gasteiger partial charge in [-0.3, -0.25) is 4.79 Å². The van der Waals surface area contributed by atoms with Crippen molar-refractivity contribution in [1.29, 1.82) is 0 Å². The summed E-state index contributed by atoms with van der Waals surface area (Å²) in [4.78, 5) is 15.8. The van der Waals surface area contributed by atoms with Crippen molar-refractivity contribution >= 4 is 28.8 Å². The topological polar surface area (TPSA) is 52.3 Å². The quantitative estimate of drug-likeness (QED) is 0.785. The van der Waals surface area contributed by atoms with E-state index in [0.717, 1.165) is 11.1 Å². The van der Waals surface area contributed by atoms with E-state index in [4.69, 9.17) is 9.15 Å². The Morgan fingerprint density at radius 1 is 1.42 bits per heavy atom. The first kappa shape index (κ1) is 13.9. The average molecular weight is 279 g/mol. The van der Waals surface area contributed by atoms with Crippen LogP contribution in [0.2, 0.25) is 0 Å². The third kappa shape index (κ3) is 3.29. The molecule has 1 aromatic heterocycles. The van der Waals surface area contributed by atoms with E-state index in [1.165, 1.54) is 7.11 Å². The van der Waals surface area contributed by atoms with Crippen LogP contribution in [0.3, 0.4) is 0 Å². The summed E-state index contributed by atoms with van der Waals surface area (Å²) >= 11 is 1.64. The van der Waals surface area contributed by atoms with Crippen LogP contribution in [-0.4, -0.2) is 23.8 Å². The molecule has 5 heteroatoms. The Balaban J connectivity index is 1.99. The number of carbonyl (C=O) groups is 1. The molecule has 0 unspecified atom stereocenters. The number of carbonyl (C=O) groups excluding carboxylic acids is 1. The Labute approximate surface area is 116 Å². The number of hydrogen-bond acceptors (Lipinski definition) is 5. The van der Waals surface area contributed by atoms with Crippen molar-refractivity contribution in [3.8, 4) is 0 Å². The molecule has 0 aliphatic heterocycles. The largest absolute Gasteiger partial charge is 0.469 e. The van der Waals surface area contributed by atoms with E-state index in [1.54, 1.807) is 11.8 Å². The summed E-state index contributed by atoms with van der Waals surface area (Å²) in [5.74, 6) is 1.08. The third-order valence-electron chi connectivity index (χ3n) is 2.86. The lowest BCUT2D eigenvalue weighted by molar-refractivity contribution is -0.143. The molecule has 0 aliphatic carbocycles. The lowest BCUT2D eigenvalue weighted by Gasteiger charge is -2.11. The fourth-order valence-corrected chi connectivity index (χ4v) is 2.65. The van der Waals surface area contributed by atoms with Gasteiger partial charge in [-0.1, -0.05) is 19.1 Å². The molecule has 2 rings (SSSR count). The highest BCUT2D eigenvalue weighted by atomic mass is 32.2. The molecule has 19 heavy (non-hydrogen) atoms. The van der Waals surface area contributed by atoms with Crippen LogP contribution in [0.1, 0.15) is 25.0 Å². The van der Waals surface area contributed by atoms with Gasteiger partial charge < -0.3 is 9.15 Å². The van der Waals surface area contributed by atoms with E-state index in [-0.39, 0.29) is 17.1 Å². The van der Waals surface area contributed by atoms with Crippen LogP contribution in [0.4, 0.5) is 0 Å². The van der Waals surface area contributed by atoms with Crippen molar-refractivity contribution in [3.05, 3.63) is 30.2 Å². The van der Waals surface area contributed by atoms with Crippen molar-refractivity contribution < 1.29 is 13.9 Å². The number of rotatable bonds is 5. The number of fused-ring (bicyclic) bond motifs is 1. The summed E-state index contributed by atoms with van der Waals surface area (Å²) in [5.41, 5.74) is 1.66. The number of nitrogens with zero attached hydrogens (tertiary/aromatic N) is 1. The molecule has 0 spiro atoms. The van der Waals surface area contributed by atoms with Gasteiger partial charge in [-0.25, -0.2) is 4.98 Å². The van der Waals surface area contributed by atoms with Gasteiger partial charge in [-0.15, -0.1) is 11.8 Å². The van der Waals surface area contributed by atoms with Gasteiger partial charge in [0.2, 0.25) is 5.89 Å². The van der Waals surface area contributed by atoms with Crippen LogP contribution in [0.25, 0.3) is 11.1 Å². The van der Waals surface area contributed by atoms with Gasteiger partial charge >= 0.3 is 5.97 Å². The van der Waals surface area contributed by atoms with E-state index >= 15 is 0 Å². The van der Waals surface area contributed by atoms with Crippen LogP contribution in [0.15, 0.2) is 28.7 Å². The lowest BCUT2D eigenvalue weighted by Crippen LogP contribution is -2.15. The van der Waals surface area contributed by atoms with Gasteiger partial charge in [0.1, 0.15) is 5.52 Å². The molecule has 1 heterocycles. The number of ether oxygens (including phenoxy) is 1. The molecule has 0 amide bonds. The molecule has 4 nitrogen and oxygen atoms in total. The zero-order valence-electron chi connectivity index (χ0n) is 11.3. The molecule has 2 aromatic rings. The molecule has 0 fully saturated rings. The normalized spacial score (nSPS) is 14.3. The first-order valence-corrected chi connectivity index (χ1v) is 7.21. The number of hydrogen-bond donors (Lipinski definition) is 0. The molecule has 0 saturated carbocycles. The van der Waals surface area contributed by atoms with E-state index in [9.17, 15) is 4.79 Å². The summed E-state index contributed by atoms with van der Waals surface area (Å²) in [6.45, 7) is 3.89. The van der Waals surface area contributed by atoms with E-state index in [2.05, 4.69) is 4.98 Å². The molecule has 0 N–H and O–H groups in total. The molecule has 0 bridgehead atoms. The minimum atomic E-state index is -0.183. The number of aromatic nitrogens is 1. The molecule has 102 valence electrons. The Hall–Kier alpha value is -1.49. The Bertz CT molecular complexity index is 534. The maximum absolute atomic E-state index is 11.3. The van der Waals surface area contributed by atoms with E-state index < -0.39 is 0 Å². The Kier molecular flexibility index (Phi) is 4.47. The van der Waals surface area contributed by atoms with Gasteiger partial charge in [0.25, 0.3) is 0 Å². The maximum Gasteiger partial charge on any atom is 0.309 e. The highest BCUT2D eigenvalue weighted by Gasteiger charge is 2.18. The highest BCUT2D eigenvalue weighted by molar-refractivity contribution is 7.99. The number of benzene rings is 1. The minimum Gasteiger partial charge on any atom is -0.469 e. The zero-order chi connectivity index (χ0) is 13.8. The maximum atomic E-state index is 11.3. The summed E-state index contributed by atoms with van der Waals surface area (Å²) in [6, 6.07) is 7.69. The standard InChI is InChI=1S/C14H17NO3S/c1-9(14(16)17-3)8-19-10(2)13-15-11-6-4-5-7-12(11)18-13/h4-7,9-10H,8H2,1-3H3/t9-,10-/m0/s1. The van der Waals surface area contributed by atoms with Crippen LogP contribution in [-0.2, 0) is 9.53 Å². The van der Waals surface area contributed by atoms with Crippen molar-refractivity contribution in [2.75, 3.05) is 12.9 Å². The molecule has 1 aromatic carbocycles. The van der Waals surface area contributed by atoms with Crippen molar-refractivity contribution in [3.63, 3.8) is 0 Å². The van der Waals surface area contributed by atoms with E-state index in [1.807, 2.05) is 38.1 Å². The van der Waals surface area contributed by atoms with Crippen LogP contribution in [0.5, 0.6) is 0 Å². The van der Waals surface area contributed by atoms with Gasteiger partial charge in [0.05, 0.1) is 18.3 Å². The van der Waals surface area contributed by atoms with Gasteiger partial charge in [0.15, 0.2) is 5.58 Å². The molecule has 0 saturated heterocycles. The summed E-state index contributed by atoms with van der Waals surface area (Å²) in [6.07, 6.45) is 0. The number of thioether (sulfide) groups is 1. The SMILES string of the molecule is COC(=O)[C@@H](C)CS[C@@H](C)c1nc2ccccc2o1. The number of oxazole rings is 1. The number of esters is 1. The Morgan fingerprint density at radius 2 is 2.16 bits per heavy atom. The molecule has 2 atom stereocenters. The smallest absolute Gasteiger partial charge is 0.309 e. The minimum absolute atomic E-state index is 0.111. The summed E-state index contributed by atoms with van der Waals surface area (Å²) < 4.78 is 10.4. The van der Waals surface area contributed by atoms with Gasteiger partial charge in [-0.05, 0) is 19.1 Å². The number of methoxy groups -OCH3 is 1. The Morgan fingerprint density at radius 3 is 2.84 bits per heavy atom. The van der Waals surface area contributed by atoms with Gasteiger partial charge in [-0.2, -0.15) is 0 Å². The van der Waals surface area contributed by atoms with Crippen molar-refractivity contribution in [1.82, 2.24) is 4.98 Å². The molecular formula is C14H17NO3S. The second kappa shape index (κ2) is 6.10. The second-order valence-electron chi connectivity index (χ2n) is 4.42.